The molecule has 1 saturated carbocycles. The third kappa shape index (κ3) is 6.12. The van der Waals surface area contributed by atoms with Gasteiger partial charge in [-0.05, 0) is 19.8 Å². The maximum atomic E-state index is 14.2. The maximum absolute atomic E-state index is 14.2. The van der Waals surface area contributed by atoms with Crippen LogP contribution in [0.5, 0.6) is 0 Å². The monoisotopic (exact) mass is 522 g/mol. The van der Waals surface area contributed by atoms with Gasteiger partial charge in [0, 0.05) is 5.57 Å². The predicted octanol–water partition coefficient (Wildman–Crippen LogP) is 6.09. The minimum atomic E-state index is -7.64. The molecule has 0 aromatic rings. The Kier molecular flexibility index (Phi) is 9.04. The summed E-state index contributed by atoms with van der Waals surface area (Å²) in [4.78, 5) is 23.7. The lowest BCUT2D eigenvalue weighted by molar-refractivity contribution is -0.428. The van der Waals surface area contributed by atoms with Gasteiger partial charge in [0.15, 0.2) is 0 Å². The molecule has 1 rings (SSSR count). The van der Waals surface area contributed by atoms with Crippen molar-refractivity contribution in [2.45, 2.75) is 81.4 Å². The van der Waals surface area contributed by atoms with Crippen LogP contribution in [0.4, 0.5) is 48.3 Å². The van der Waals surface area contributed by atoms with E-state index in [2.05, 4.69) is 16.1 Å². The van der Waals surface area contributed by atoms with E-state index in [0.29, 0.717) is 19.3 Å². The van der Waals surface area contributed by atoms with E-state index in [-0.39, 0.29) is 18.4 Å². The molecule has 1 unspecified atom stereocenters. The van der Waals surface area contributed by atoms with Crippen molar-refractivity contribution >= 4 is 11.9 Å². The van der Waals surface area contributed by atoms with E-state index in [0.717, 1.165) is 6.92 Å². The first-order valence-electron chi connectivity index (χ1n) is 9.80. The Bertz CT molecular complexity index is 738. The number of ether oxygens (including phenoxy) is 2. The van der Waals surface area contributed by atoms with Gasteiger partial charge in [0.2, 0.25) is 0 Å². The zero-order chi connectivity index (χ0) is 26.8. The summed E-state index contributed by atoms with van der Waals surface area (Å²) >= 11 is 0. The molecule has 0 heterocycles. The minimum absolute atomic E-state index is 0.194. The van der Waals surface area contributed by atoms with E-state index in [1.807, 2.05) is 0 Å². The lowest BCUT2D eigenvalue weighted by atomic mass is 9.88. The molecule has 0 N–H and O–H groups in total. The Labute approximate surface area is 186 Å². The first-order valence-corrected chi connectivity index (χ1v) is 9.80. The summed E-state index contributed by atoms with van der Waals surface area (Å²) in [6, 6.07) is 0. The summed E-state index contributed by atoms with van der Waals surface area (Å²) in [7, 11) is 0. The number of alkyl halides is 11. The van der Waals surface area contributed by atoms with Crippen LogP contribution in [0.2, 0.25) is 0 Å². The Morgan fingerprint density at radius 2 is 1.35 bits per heavy atom. The van der Waals surface area contributed by atoms with Crippen LogP contribution in [-0.4, -0.2) is 54.5 Å². The molecular weight excluding hydrogens is 501 g/mol. The molecule has 0 spiro atoms. The van der Waals surface area contributed by atoms with Crippen LogP contribution in [0.15, 0.2) is 12.2 Å². The second-order valence-corrected chi connectivity index (χ2v) is 7.91. The number of carbonyl (C=O) groups excluding carboxylic acids is 2. The SMILES string of the molecule is C=C(C)C(=O)OCC(CC(F)(F)C(F)(F)C(F)(C(F)(F)F)C(F)(F)F)OC(=O)C1CCCCC1. The van der Waals surface area contributed by atoms with Gasteiger partial charge in [0.1, 0.15) is 12.7 Å². The first-order chi connectivity index (χ1) is 15.2. The topological polar surface area (TPSA) is 52.6 Å². The number of esters is 2. The molecule has 0 saturated heterocycles. The van der Waals surface area contributed by atoms with Crippen LogP contribution >= 0.6 is 0 Å². The fraction of sp³-hybridized carbons (Fsp3) is 0.789. The highest BCUT2D eigenvalue weighted by Gasteiger charge is 2.90. The van der Waals surface area contributed by atoms with Gasteiger partial charge in [-0.1, -0.05) is 25.8 Å². The fourth-order valence-corrected chi connectivity index (χ4v) is 3.21. The average molecular weight is 522 g/mol. The lowest BCUT2D eigenvalue weighted by Gasteiger charge is -2.40. The van der Waals surface area contributed by atoms with Crippen molar-refractivity contribution in [1.29, 1.82) is 0 Å². The van der Waals surface area contributed by atoms with Crippen LogP contribution in [0.3, 0.4) is 0 Å². The summed E-state index contributed by atoms with van der Waals surface area (Å²) in [5.41, 5.74) is -7.98. The highest BCUT2D eigenvalue weighted by Crippen LogP contribution is 2.60. The van der Waals surface area contributed by atoms with Gasteiger partial charge in [0.25, 0.3) is 0 Å². The minimum Gasteiger partial charge on any atom is -0.458 e. The van der Waals surface area contributed by atoms with Crippen molar-refractivity contribution in [2.24, 2.45) is 5.92 Å². The number of hydrogen-bond donors (Lipinski definition) is 0. The number of hydrogen-bond acceptors (Lipinski definition) is 4. The molecule has 4 nitrogen and oxygen atoms in total. The molecule has 34 heavy (non-hydrogen) atoms. The molecule has 0 amide bonds. The molecule has 198 valence electrons. The molecule has 1 atom stereocenters. The average Bonchev–Trinajstić information content (AvgIpc) is 2.69. The molecule has 0 aromatic carbocycles. The standard InChI is InChI=1S/C19H21F11O4/c1-10(2)13(31)33-9-12(34-14(32)11-6-4-3-5-7-11)8-15(20,21)17(23,24)16(22,18(25,26)27)19(28,29)30/h11-12H,1,3-9H2,2H3. The van der Waals surface area contributed by atoms with E-state index >= 15 is 0 Å². The van der Waals surface area contributed by atoms with E-state index in [1.54, 1.807) is 0 Å². The van der Waals surface area contributed by atoms with E-state index in [4.69, 9.17) is 0 Å². The number of halogens is 11. The molecule has 1 aliphatic carbocycles. The predicted molar refractivity (Wildman–Crippen MR) is 92.7 cm³/mol. The van der Waals surface area contributed by atoms with Crippen LogP contribution in [0.25, 0.3) is 0 Å². The summed E-state index contributed by atoms with van der Waals surface area (Å²) in [6.07, 6.45) is -18.2. The van der Waals surface area contributed by atoms with E-state index in [1.165, 1.54) is 0 Å². The molecule has 1 fully saturated rings. The third-order valence-corrected chi connectivity index (χ3v) is 5.13. The van der Waals surface area contributed by atoms with Crippen LogP contribution in [0, 0.1) is 5.92 Å². The van der Waals surface area contributed by atoms with E-state index < -0.39 is 66.9 Å². The van der Waals surface area contributed by atoms with E-state index in [9.17, 15) is 57.9 Å². The Morgan fingerprint density at radius 1 is 0.882 bits per heavy atom. The largest absolute Gasteiger partial charge is 0.458 e. The maximum Gasteiger partial charge on any atom is 0.438 e. The smallest absolute Gasteiger partial charge is 0.438 e. The second-order valence-electron chi connectivity index (χ2n) is 7.91. The molecule has 0 bridgehead atoms. The van der Waals surface area contributed by atoms with Gasteiger partial charge in [-0.15, -0.1) is 0 Å². The molecule has 0 aromatic heterocycles. The van der Waals surface area contributed by atoms with Crippen molar-refractivity contribution in [3.05, 3.63) is 12.2 Å². The molecular formula is C19H21F11O4. The van der Waals surface area contributed by atoms with Crippen LogP contribution in [-0.2, 0) is 19.1 Å². The highest BCUT2D eigenvalue weighted by molar-refractivity contribution is 5.86. The molecule has 0 aliphatic heterocycles. The summed E-state index contributed by atoms with van der Waals surface area (Å²) in [5, 5.41) is 0. The van der Waals surface area contributed by atoms with Gasteiger partial charge in [-0.3, -0.25) is 4.79 Å². The van der Waals surface area contributed by atoms with Gasteiger partial charge < -0.3 is 9.47 Å². The summed E-state index contributed by atoms with van der Waals surface area (Å²) in [5.74, 6) is -17.2. The van der Waals surface area contributed by atoms with Crippen LogP contribution in [0.1, 0.15) is 45.4 Å². The zero-order valence-corrected chi connectivity index (χ0v) is 17.6. The highest BCUT2D eigenvalue weighted by atomic mass is 19.4. The van der Waals surface area contributed by atoms with Gasteiger partial charge in [0.05, 0.1) is 12.3 Å². The summed E-state index contributed by atoms with van der Waals surface area (Å²) < 4.78 is 155. The van der Waals surface area contributed by atoms with Crippen molar-refractivity contribution in [3.63, 3.8) is 0 Å². The first kappa shape index (κ1) is 29.9. The van der Waals surface area contributed by atoms with Gasteiger partial charge >= 0.3 is 41.8 Å². The van der Waals surface area contributed by atoms with Crippen molar-refractivity contribution < 1.29 is 67.4 Å². The molecule has 1 aliphatic rings. The Morgan fingerprint density at radius 3 is 1.76 bits per heavy atom. The second kappa shape index (κ2) is 10.3. The zero-order valence-electron chi connectivity index (χ0n) is 17.6. The third-order valence-electron chi connectivity index (χ3n) is 5.13. The quantitative estimate of drug-likeness (QED) is 0.209. The van der Waals surface area contributed by atoms with Crippen LogP contribution < -0.4 is 0 Å². The molecule has 0 radical (unpaired) electrons. The molecule has 15 heteroatoms. The normalized spacial score (nSPS) is 17.8. The van der Waals surface area contributed by atoms with Crippen molar-refractivity contribution in [3.8, 4) is 0 Å². The Balaban J connectivity index is 3.28. The fourth-order valence-electron chi connectivity index (χ4n) is 3.21. The Hall–Kier alpha value is -2.09. The number of carbonyl (C=O) groups is 2. The van der Waals surface area contributed by atoms with Gasteiger partial charge in [-0.2, -0.15) is 43.9 Å². The van der Waals surface area contributed by atoms with Crippen molar-refractivity contribution in [1.82, 2.24) is 0 Å². The van der Waals surface area contributed by atoms with Crippen molar-refractivity contribution in [2.75, 3.05) is 6.61 Å². The summed E-state index contributed by atoms with van der Waals surface area (Å²) in [6.45, 7) is 2.75. The number of rotatable bonds is 9. The van der Waals surface area contributed by atoms with Gasteiger partial charge in [-0.25, -0.2) is 9.18 Å². The lowest BCUT2D eigenvalue weighted by Crippen LogP contribution is -2.70.